The summed E-state index contributed by atoms with van der Waals surface area (Å²) in [6.45, 7) is 15.1. The highest BCUT2D eigenvalue weighted by Crippen LogP contribution is 2.49. The van der Waals surface area contributed by atoms with Gasteiger partial charge in [0, 0.05) is 11.5 Å². The van der Waals surface area contributed by atoms with Crippen LogP contribution in [0.2, 0.25) is 0 Å². The number of aliphatic hydroxyl groups excluding tert-OH is 3. The van der Waals surface area contributed by atoms with Crippen LogP contribution >= 0.6 is 45.2 Å². The summed E-state index contributed by atoms with van der Waals surface area (Å²) >= 11 is 4.35. The second-order valence-corrected chi connectivity index (χ2v) is 32.3. The molecule has 7 saturated heterocycles. The van der Waals surface area contributed by atoms with E-state index in [1.165, 1.54) is 30.8 Å². The van der Waals surface area contributed by atoms with Crippen molar-refractivity contribution in [2.24, 2.45) is 0 Å². The number of aromatic nitrogens is 16. The fourth-order valence-electron chi connectivity index (χ4n) is 16.4. The lowest BCUT2D eigenvalue weighted by atomic mass is 10.1. The minimum Gasteiger partial charge on any atom is -0.469 e. The molecule has 4 aliphatic carbocycles. The van der Waals surface area contributed by atoms with Gasteiger partial charge < -0.3 is 109 Å². The first-order valence-corrected chi connectivity index (χ1v) is 40.6. The summed E-state index contributed by atoms with van der Waals surface area (Å²) in [5.41, 5.74) is 28.3. The van der Waals surface area contributed by atoms with Gasteiger partial charge in [0.05, 0.1) is 36.1 Å². The second-order valence-electron chi connectivity index (χ2n) is 30.6. The zero-order valence-corrected chi connectivity index (χ0v) is 66.3. The Kier molecular flexibility index (Phi) is 21.6. The van der Waals surface area contributed by atoms with Crippen LogP contribution in [0.3, 0.4) is 0 Å². The minimum absolute atomic E-state index is 0.0665. The van der Waals surface area contributed by atoms with Gasteiger partial charge in [0.25, 0.3) is 0 Å². The Bertz CT molecular complexity index is 4490. The van der Waals surface area contributed by atoms with E-state index in [0.29, 0.717) is 66.7 Å². The van der Waals surface area contributed by atoms with Crippen molar-refractivity contribution in [2.45, 2.75) is 278 Å². The molecule has 7 aliphatic heterocycles. The lowest BCUT2D eigenvalue weighted by molar-refractivity contribution is -0.236. The summed E-state index contributed by atoms with van der Waals surface area (Å²) in [7, 11) is 1.43. The smallest absolute Gasteiger partial charge is 0.320 e. The van der Waals surface area contributed by atoms with Gasteiger partial charge >= 0.3 is 24.0 Å². The number of anilines is 4. The molecule has 0 radical (unpaired) electrons. The fraction of sp³-hybridized carbons (Fsp3) is 0.686. The molecule has 11 aliphatic rings. The largest absolute Gasteiger partial charge is 0.469 e. The van der Waals surface area contributed by atoms with Crippen molar-refractivity contribution < 1.29 is 86.4 Å². The normalized spacial score (nSPS) is 31.6. The van der Waals surface area contributed by atoms with Gasteiger partial charge in [0.2, 0.25) is 12.0 Å². The number of nitrogens with zero attached hydrogens (tertiary/aromatic N) is 16. The zero-order chi connectivity index (χ0) is 76.9. The maximum absolute atomic E-state index is 10.5. The summed E-state index contributed by atoms with van der Waals surface area (Å²) in [5, 5.41) is 30.7. The summed E-state index contributed by atoms with van der Waals surface area (Å²) < 4.78 is 97.3. The molecule has 0 aromatic carbocycles. The van der Waals surface area contributed by atoms with Gasteiger partial charge in [0.1, 0.15) is 85.3 Å². The molecule has 38 nitrogen and oxygen atoms in total. The Morgan fingerprint density at radius 2 is 0.782 bits per heavy atom. The Morgan fingerprint density at radius 1 is 0.455 bits per heavy atom. The van der Waals surface area contributed by atoms with E-state index in [9.17, 15) is 15.3 Å². The molecular weight excluding hydrogens is 1660 g/mol. The van der Waals surface area contributed by atoms with Gasteiger partial charge in [-0.1, -0.05) is 51.8 Å². The summed E-state index contributed by atoms with van der Waals surface area (Å²) in [6, 6.07) is 0.984. The average Bonchev–Trinajstić information content (AvgIpc) is 1.60. The molecule has 0 amide bonds. The van der Waals surface area contributed by atoms with E-state index in [1.807, 2.05) is 68.7 Å². The van der Waals surface area contributed by atoms with Crippen molar-refractivity contribution in [3.05, 3.63) is 37.6 Å². The lowest BCUT2D eigenvalue weighted by Gasteiger charge is -2.28. The summed E-state index contributed by atoms with van der Waals surface area (Å²) in [4.78, 5) is 52.5. The molecule has 596 valence electrons. The van der Waals surface area contributed by atoms with Crippen molar-refractivity contribution >= 4 is 113 Å². The van der Waals surface area contributed by atoms with E-state index < -0.39 is 72.5 Å². The van der Waals surface area contributed by atoms with Crippen molar-refractivity contribution in [2.75, 3.05) is 45.5 Å². The minimum atomic E-state index is -1.32. The summed E-state index contributed by atoms with van der Waals surface area (Å²) in [6.07, 6.45) is 16.8. The topological polar surface area (TPSA) is 478 Å². The highest BCUT2D eigenvalue weighted by Gasteiger charge is 2.59. The highest BCUT2D eigenvalue weighted by atomic mass is 127. The number of nitrogens with two attached hydrogens (primary N) is 4. The first-order valence-electron chi connectivity index (χ1n) is 37.5. The van der Waals surface area contributed by atoms with Gasteiger partial charge in [-0.05, 0) is 144 Å². The Hall–Kier alpha value is -6.92. The summed E-state index contributed by atoms with van der Waals surface area (Å²) in [5.74, 6) is -1.87. The van der Waals surface area contributed by atoms with Crippen LogP contribution in [-0.2, 0) is 52.1 Å². The van der Waals surface area contributed by atoms with Crippen molar-refractivity contribution in [3.63, 3.8) is 0 Å². The number of alkyl halides is 2. The number of nitrogen functional groups attached to an aromatic ring is 4. The maximum atomic E-state index is 10.5. The molecule has 11 N–H and O–H groups in total. The van der Waals surface area contributed by atoms with Crippen molar-refractivity contribution in [1.82, 2.24) is 78.1 Å². The fourth-order valence-corrected chi connectivity index (χ4v) is 18.0. The van der Waals surface area contributed by atoms with Crippen LogP contribution in [0.15, 0.2) is 37.6 Å². The third-order valence-electron chi connectivity index (χ3n) is 21.6. The molecule has 0 spiro atoms. The van der Waals surface area contributed by atoms with Crippen molar-refractivity contribution in [1.29, 1.82) is 0 Å². The van der Waals surface area contributed by atoms with Crippen LogP contribution in [0.25, 0.3) is 44.7 Å². The number of halogens is 2. The first-order chi connectivity index (χ1) is 52.8. The van der Waals surface area contributed by atoms with Gasteiger partial charge in [-0.2, -0.15) is 39.9 Å². The maximum Gasteiger partial charge on any atom is 0.320 e. The zero-order valence-electron chi connectivity index (χ0n) is 62.0. The van der Waals surface area contributed by atoms with E-state index in [1.54, 1.807) is 28.1 Å². The quantitative estimate of drug-likeness (QED) is 0.0387. The molecule has 0 bridgehead atoms. The monoisotopic (exact) mass is 1760 g/mol. The molecule has 11 fully saturated rings. The van der Waals surface area contributed by atoms with Crippen LogP contribution in [0.5, 0.6) is 24.0 Å². The van der Waals surface area contributed by atoms with Crippen LogP contribution in [0.1, 0.15) is 169 Å². The number of imidazole rings is 4. The highest BCUT2D eigenvalue weighted by molar-refractivity contribution is 14.1. The molecule has 19 rings (SSSR count). The van der Waals surface area contributed by atoms with E-state index >= 15 is 0 Å². The molecule has 15 atom stereocenters. The molecule has 8 aromatic heterocycles. The molecule has 110 heavy (non-hydrogen) atoms. The SMILES string of the molecule is C=C1O[C@@H](n2cnc3c(N)nc(OC4CCCC4)nc32)[C@@H]2OC(C)(C)O[C@H]12.CC1(C)O[C@@H]2[C@H](O1)[C@@H](CI)O[C@H]2n1cnc2c(N)nc(OC3CCCC3)nc21.CC1(C)O[C@@H]2[C@H](O1)[C@@H](CO)O[C@H]2n1cnc2c(N)nc(OC3CCCC3)nc21.CO[C@]1(CI)O[C@@H](n2cnc3c(N)nc(OC4CCCC4)nc32)[C@H](O)[C@@H]1O. The number of hydrogen-bond acceptors (Lipinski definition) is 34. The number of rotatable bonds is 16. The molecule has 15 heterocycles. The van der Waals surface area contributed by atoms with E-state index in [0.717, 1.165) is 94.3 Å². The molecule has 40 heteroatoms. The third kappa shape index (κ3) is 15.0. The predicted molar refractivity (Wildman–Crippen MR) is 406 cm³/mol. The van der Waals surface area contributed by atoms with Crippen LogP contribution in [0, 0.1) is 0 Å². The van der Waals surface area contributed by atoms with Crippen LogP contribution in [0.4, 0.5) is 23.3 Å². The molecular formula is C70H94I2N20O18. The molecule has 0 unspecified atom stereocenters. The third-order valence-corrected chi connectivity index (χ3v) is 23.5. The predicted octanol–water partition coefficient (Wildman–Crippen LogP) is 6.77. The van der Waals surface area contributed by atoms with Gasteiger partial charge in [-0.3, -0.25) is 18.3 Å². The Balaban J connectivity index is 0.000000111. The number of fused-ring (bicyclic) bond motifs is 7. The number of hydrogen-bond donors (Lipinski definition) is 7. The van der Waals surface area contributed by atoms with Gasteiger partial charge in [-0.15, -0.1) is 0 Å². The van der Waals surface area contributed by atoms with Gasteiger partial charge in [0.15, 0.2) is 110 Å². The number of methoxy groups -OCH3 is 1. The van der Waals surface area contributed by atoms with Crippen molar-refractivity contribution in [3.8, 4) is 24.0 Å². The first kappa shape index (κ1) is 77.0. The number of aliphatic hydroxyl groups is 3. The number of ether oxygens (including phenoxy) is 15. The van der Waals surface area contributed by atoms with Crippen LogP contribution < -0.4 is 41.9 Å². The lowest BCUT2D eigenvalue weighted by Crippen LogP contribution is -2.46. The Morgan fingerprint density at radius 3 is 1.13 bits per heavy atom. The molecule has 4 saturated carbocycles. The van der Waals surface area contributed by atoms with E-state index in [-0.39, 0.29) is 103 Å². The van der Waals surface area contributed by atoms with E-state index in [2.05, 4.69) is 89.0 Å². The van der Waals surface area contributed by atoms with Gasteiger partial charge in [-0.25, -0.2) is 19.9 Å². The standard InChI is InChI=1S/C18H24IN5O4.C18H25N5O5.C18H23N5O4.C16H22IN5O5/c1-18(2)27-12-10(7-19)26-16(13(12)28-18)24-8-21-11-14(20)22-17(23-15(11)24)25-9-5-3-4-6-9;1-18(2)27-12-10(7-24)26-16(13(12)28-18)23-8-20-11-14(19)21-17(22-15(11)23)25-9-5-3-4-6-9;1-9-12-13(27-18(2,3)26-12)16(24-9)23-8-20-11-14(19)21-17(22-15(11)23)25-10-6-4-5-7-10;1-25-16(6-17)11(24)10(23)14(27-16)22-7-19-9-12(18)20-15(21-13(9)22)26-8-4-2-3-5-8/h8-10,12-13,16H,3-7H2,1-2H3,(H2,20,22,23);8-10,12-13,16,24H,3-7H2,1-2H3,(H2,19,21,22);8,10,12-13,16H,1,4-7H2,2-3H3,(H2,19,21,22);7-8,10-11,14,23-24H,2-6H2,1H3,(H2,18,20,21)/t2*10-,12-,13-,16-;12-,13-,16-;10-,11+,14-,16-/m1111/s1. The molecule has 8 aromatic rings. The van der Waals surface area contributed by atoms with E-state index in [4.69, 9.17) is 94.0 Å². The second kappa shape index (κ2) is 30.8. The van der Waals surface area contributed by atoms with Crippen LogP contribution in [-0.4, -0.2) is 225 Å². The Labute approximate surface area is 658 Å². The average molecular weight is 1760 g/mol.